The van der Waals surface area contributed by atoms with Crippen molar-refractivity contribution in [2.75, 3.05) is 0 Å². The van der Waals surface area contributed by atoms with Crippen LogP contribution in [0, 0.1) is 0 Å². The second-order valence-corrected chi connectivity index (χ2v) is 57.7. The fourth-order valence-corrected chi connectivity index (χ4v) is 28.9. The minimum atomic E-state index is -0.843. The molecule has 4 aromatic carbocycles. The fraction of sp³-hybridized carbons (Fsp3) is 0.674. The third kappa shape index (κ3) is 34.4. The summed E-state index contributed by atoms with van der Waals surface area (Å²) < 4.78 is 3.99. The molecule has 0 fully saturated rings. The van der Waals surface area contributed by atoms with E-state index in [1.807, 2.05) is 0 Å². The summed E-state index contributed by atoms with van der Waals surface area (Å²) in [5.74, 6) is 0. The van der Waals surface area contributed by atoms with Crippen LogP contribution in [0.2, 0.25) is 0 Å². The normalized spacial score (nSPS) is 13.8. The van der Waals surface area contributed by atoms with Crippen LogP contribution in [0.4, 0.5) is 0 Å². The molecular weight excluding hydrogens is 1680 g/mol. The van der Waals surface area contributed by atoms with Crippen LogP contribution in [0.25, 0.3) is 0 Å². The van der Waals surface area contributed by atoms with Gasteiger partial charge in [-0.25, -0.2) is 0 Å². The molecule has 13 heteroatoms. The van der Waals surface area contributed by atoms with Gasteiger partial charge < -0.3 is 0 Å². The van der Waals surface area contributed by atoms with Gasteiger partial charge in [-0.3, -0.25) is 0 Å². The summed E-state index contributed by atoms with van der Waals surface area (Å²) >= 11 is 32.3. The topological polar surface area (TPSA) is 0 Å². The van der Waals surface area contributed by atoms with Crippen LogP contribution in [-0.4, -0.2) is 90.6 Å². The van der Waals surface area contributed by atoms with E-state index in [4.69, 9.17) is 46.4 Å². The molecule has 0 N–H and O–H groups in total. The Balaban J connectivity index is 0. The van der Waals surface area contributed by atoms with Crippen molar-refractivity contribution in [1.82, 2.24) is 0 Å². The molecule has 0 bridgehead atoms. The standard InChI is InChI=1S/2C38H58Cl2GeP2.2C5H12.Se2.Se/c2*1-33(2,3)23-19-25(35(7,8)9)29(26(20-23)36(10,11)12)42-31(39)41-32(40)43-30-27(37(13,14)15)21-24(34(4,5)6)22-28(30)38(16,17)18;2*1-3-5-4-2;1-2;/h2*19-22H,1-18H3;2*3-5H2,1-2H3;;. The quantitative estimate of drug-likeness (QED) is 0.0980. The van der Waals surface area contributed by atoms with Crippen LogP contribution in [0.5, 0.6) is 0 Å². The third-order valence-corrected chi connectivity index (χ3v) is 30.5. The average molecular weight is 1820 g/mol. The number of rotatable bonds is 12. The van der Waals surface area contributed by atoms with Crippen molar-refractivity contribution in [3.63, 3.8) is 0 Å². The van der Waals surface area contributed by atoms with E-state index in [2.05, 4.69) is 354 Å². The molecule has 99 heavy (non-hydrogen) atoms. The molecule has 0 spiro atoms. The summed E-state index contributed by atoms with van der Waals surface area (Å²) in [5, 5.41) is 5.46. The van der Waals surface area contributed by atoms with Crippen LogP contribution in [-0.2, 0) is 65.0 Å². The Labute approximate surface area is 679 Å². The Morgan fingerprint density at radius 2 is 0.364 bits per heavy atom. The zero-order valence-electron chi connectivity index (χ0n) is 70.4. The first-order valence-electron chi connectivity index (χ1n) is 36.2. The molecule has 0 aliphatic carbocycles. The molecule has 8 radical (unpaired) electrons. The van der Waals surface area contributed by atoms with Gasteiger partial charge in [-0.05, 0) is 0 Å². The molecular formula is C86H140Cl4Ge2P4Se3. The molecule has 558 valence electrons. The Kier molecular flexibility index (Phi) is 42.3. The van der Waals surface area contributed by atoms with Crippen molar-refractivity contribution in [2.24, 2.45) is 0 Å². The van der Waals surface area contributed by atoms with Crippen LogP contribution < -0.4 is 21.2 Å². The van der Waals surface area contributed by atoms with E-state index in [1.165, 1.54) is 127 Å². The van der Waals surface area contributed by atoms with Gasteiger partial charge in [-0.15, -0.1) is 0 Å². The van der Waals surface area contributed by atoms with Gasteiger partial charge in [0.15, 0.2) is 0 Å². The summed E-state index contributed by atoms with van der Waals surface area (Å²) in [6.45, 7) is 92.4. The average Bonchev–Trinajstić information content (AvgIpc) is 0.787. The second-order valence-electron chi connectivity index (χ2n) is 39.2. The van der Waals surface area contributed by atoms with Gasteiger partial charge >= 0.3 is 604 Å². The Hall–Kier alpha value is 1.36. The van der Waals surface area contributed by atoms with Gasteiger partial charge in [0.1, 0.15) is 0 Å². The zero-order chi connectivity index (χ0) is 77.7. The molecule has 0 nitrogen and oxygen atoms in total. The molecule has 0 unspecified atom stereocenters. The molecule has 0 saturated carbocycles. The maximum absolute atomic E-state index is 7.24. The van der Waals surface area contributed by atoms with Crippen LogP contribution >= 0.6 is 79.2 Å². The first kappa shape index (κ1) is 102. The van der Waals surface area contributed by atoms with Gasteiger partial charge in [0.2, 0.25) is 0 Å². The van der Waals surface area contributed by atoms with Crippen molar-refractivity contribution in [3.05, 3.63) is 115 Å². The minimum absolute atomic E-state index is 0. The molecule has 0 heterocycles. The van der Waals surface area contributed by atoms with Gasteiger partial charge in [-0.1, -0.05) is 66.2 Å². The molecule has 0 saturated heterocycles. The molecule has 0 amide bonds. The number of hydrogen-bond donors (Lipinski definition) is 0. The van der Waals surface area contributed by atoms with Crippen molar-refractivity contribution in [1.29, 1.82) is 0 Å². The summed E-state index contributed by atoms with van der Waals surface area (Å²) in [4.78, 5) is 0. The molecule has 0 aliphatic rings. The van der Waals surface area contributed by atoms with Crippen molar-refractivity contribution >= 4 is 191 Å². The van der Waals surface area contributed by atoms with E-state index >= 15 is 0 Å². The van der Waals surface area contributed by atoms with E-state index < -0.39 is 30.9 Å². The molecule has 4 aromatic rings. The summed E-state index contributed by atoms with van der Waals surface area (Å²) in [7, 11) is 4.42. The predicted molar refractivity (Wildman–Crippen MR) is 479 cm³/mol. The molecule has 0 atom stereocenters. The first-order valence-corrected chi connectivity index (χ1v) is 49.8. The number of halogens is 4. The first-order chi connectivity index (χ1) is 43.7. The predicted octanol–water partition coefficient (Wildman–Crippen LogP) is 26.6. The Morgan fingerprint density at radius 3 is 0.434 bits per heavy atom. The summed E-state index contributed by atoms with van der Waals surface area (Å²) in [6.07, 6.45) is 8.15. The van der Waals surface area contributed by atoms with Crippen LogP contribution in [0.1, 0.15) is 382 Å². The van der Waals surface area contributed by atoms with Gasteiger partial charge in [0, 0.05) is 17.1 Å². The van der Waals surface area contributed by atoms with E-state index in [1.54, 1.807) is 0 Å². The molecule has 4 rings (SSSR count). The monoisotopic (exact) mass is 1820 g/mol. The molecule has 0 aliphatic heterocycles. The third-order valence-electron chi connectivity index (χ3n) is 17.0. The molecule has 0 aromatic heterocycles. The van der Waals surface area contributed by atoms with Crippen molar-refractivity contribution in [3.8, 4) is 0 Å². The Bertz CT molecular complexity index is 2760. The second kappa shape index (κ2) is 40.9. The van der Waals surface area contributed by atoms with Gasteiger partial charge in [0.05, 0.1) is 0 Å². The van der Waals surface area contributed by atoms with Crippen molar-refractivity contribution < 1.29 is 0 Å². The van der Waals surface area contributed by atoms with Gasteiger partial charge in [0.25, 0.3) is 0 Å². The maximum atomic E-state index is 7.24. The zero-order valence-corrected chi connectivity index (χ0v) is 86.3. The summed E-state index contributed by atoms with van der Waals surface area (Å²) in [5.41, 5.74) is 17.1. The SMILES string of the molecule is CC(C)(C)c1cc(C(C)(C)C)c(P=[C](Cl)[Ge][C](Cl)=Pc2c(C(C)(C)C)cc(C(C)(C)C)cc2C(C)(C)C)c(C(C)(C)C)c1.CC(C)(C)c1cc(C(C)(C)C)c(P=[C](Cl)[Ge][C](Cl)=Pc2c(C(C)(C)C)cc(C(C)(C)C)cc2C(C)(C)C)c(C(C)(C)C)c1.CCCCC.CCCCC.[Se].[Se][Se]. The van der Waals surface area contributed by atoms with Crippen LogP contribution in [0.15, 0.2) is 48.5 Å². The van der Waals surface area contributed by atoms with Gasteiger partial charge in [-0.2, -0.15) is 0 Å². The number of unbranched alkanes of at least 4 members (excludes halogenated alkanes) is 4. The number of hydrogen-bond acceptors (Lipinski definition) is 0. The van der Waals surface area contributed by atoms with E-state index in [-0.39, 0.29) is 82.0 Å². The number of benzene rings is 4. The fourth-order valence-electron chi connectivity index (χ4n) is 10.7. The van der Waals surface area contributed by atoms with E-state index in [0.29, 0.717) is 0 Å². The van der Waals surface area contributed by atoms with Crippen molar-refractivity contribution in [2.45, 2.75) is 380 Å². The summed E-state index contributed by atoms with van der Waals surface area (Å²) in [6, 6.07) is 19.5. The Morgan fingerprint density at radius 1 is 0.253 bits per heavy atom. The van der Waals surface area contributed by atoms with E-state index in [0.717, 1.165) is 47.2 Å². The van der Waals surface area contributed by atoms with E-state index in [9.17, 15) is 0 Å². The van der Waals surface area contributed by atoms with Crippen LogP contribution in [0.3, 0.4) is 0 Å².